The third-order valence-corrected chi connectivity index (χ3v) is 3.30. The minimum absolute atomic E-state index is 0.377. The molecule has 1 amide bonds. The molecule has 1 aliphatic heterocycles. The van der Waals surface area contributed by atoms with Gasteiger partial charge in [0.1, 0.15) is 6.61 Å². The lowest BCUT2D eigenvalue weighted by Gasteiger charge is -2.32. The molecule has 0 radical (unpaired) electrons. The van der Waals surface area contributed by atoms with E-state index in [4.69, 9.17) is 14.3 Å². The molecule has 0 saturated carbocycles. The van der Waals surface area contributed by atoms with Gasteiger partial charge in [-0.15, -0.1) is 0 Å². The molecule has 6 heteroatoms. The minimum Gasteiger partial charge on any atom is -0.446 e. The van der Waals surface area contributed by atoms with Crippen molar-refractivity contribution < 1.29 is 19.1 Å². The standard InChI is InChI=1S/C15H22N2O4/c1-12-6-4-7-13(2)14(12)17(21-10-5-9-19-3)16-8-11-20-15(16)18/h4,6-7H,5,8-11H2,1-3H3. The topological polar surface area (TPSA) is 51.2 Å². The molecule has 0 spiro atoms. The molecule has 1 aliphatic rings. The maximum Gasteiger partial charge on any atom is 0.430 e. The normalized spacial score (nSPS) is 14.4. The van der Waals surface area contributed by atoms with E-state index in [0.29, 0.717) is 26.4 Å². The number of anilines is 1. The van der Waals surface area contributed by atoms with Crippen LogP contribution >= 0.6 is 0 Å². The first kappa shape index (κ1) is 15.6. The molecule has 116 valence electrons. The predicted octanol–water partition coefficient (Wildman–Crippen LogP) is 2.45. The lowest BCUT2D eigenvalue weighted by Crippen LogP contribution is -2.44. The molecule has 2 rings (SSSR count). The fraction of sp³-hybridized carbons (Fsp3) is 0.533. The molecular formula is C15H22N2O4. The summed E-state index contributed by atoms with van der Waals surface area (Å²) in [4.78, 5) is 17.7. The van der Waals surface area contributed by atoms with Crippen LogP contribution in [-0.4, -0.2) is 44.6 Å². The van der Waals surface area contributed by atoms with Crippen LogP contribution in [0.25, 0.3) is 0 Å². The van der Waals surface area contributed by atoms with Crippen molar-refractivity contribution in [3.8, 4) is 0 Å². The van der Waals surface area contributed by atoms with Crippen molar-refractivity contribution in [2.24, 2.45) is 0 Å². The Balaban J connectivity index is 2.20. The number of carbonyl (C=O) groups excluding carboxylic acids is 1. The number of cyclic esters (lactones) is 1. The zero-order valence-corrected chi connectivity index (χ0v) is 12.8. The summed E-state index contributed by atoms with van der Waals surface area (Å²) < 4.78 is 10.0. The summed E-state index contributed by atoms with van der Waals surface area (Å²) in [6.45, 7) is 5.93. The Morgan fingerprint density at radius 1 is 1.29 bits per heavy atom. The van der Waals surface area contributed by atoms with Crippen LogP contribution in [0.2, 0.25) is 0 Å². The van der Waals surface area contributed by atoms with Gasteiger partial charge in [0.05, 0.1) is 18.8 Å². The van der Waals surface area contributed by atoms with Crippen LogP contribution in [0.15, 0.2) is 18.2 Å². The number of rotatable bonds is 7. The van der Waals surface area contributed by atoms with E-state index in [0.717, 1.165) is 23.2 Å². The summed E-state index contributed by atoms with van der Waals surface area (Å²) in [6.07, 6.45) is 0.366. The van der Waals surface area contributed by atoms with Gasteiger partial charge in [0, 0.05) is 13.7 Å². The fourth-order valence-electron chi connectivity index (χ4n) is 2.27. The largest absolute Gasteiger partial charge is 0.446 e. The van der Waals surface area contributed by atoms with Crippen LogP contribution in [-0.2, 0) is 14.3 Å². The first-order valence-corrected chi connectivity index (χ1v) is 7.07. The van der Waals surface area contributed by atoms with E-state index in [1.165, 1.54) is 5.01 Å². The van der Waals surface area contributed by atoms with Crippen molar-refractivity contribution in [3.05, 3.63) is 29.3 Å². The second-order valence-electron chi connectivity index (χ2n) is 4.93. The van der Waals surface area contributed by atoms with Gasteiger partial charge in [0.2, 0.25) is 0 Å². The number of ether oxygens (including phenoxy) is 2. The zero-order chi connectivity index (χ0) is 15.2. The van der Waals surface area contributed by atoms with Crippen LogP contribution in [0.4, 0.5) is 10.5 Å². The Morgan fingerprint density at radius 3 is 2.57 bits per heavy atom. The quantitative estimate of drug-likeness (QED) is 0.571. The van der Waals surface area contributed by atoms with Crippen LogP contribution < -0.4 is 5.17 Å². The Morgan fingerprint density at radius 2 is 2.00 bits per heavy atom. The van der Waals surface area contributed by atoms with E-state index in [1.807, 2.05) is 32.0 Å². The summed E-state index contributed by atoms with van der Waals surface area (Å²) in [5, 5.41) is 3.05. The molecule has 6 nitrogen and oxygen atoms in total. The van der Waals surface area contributed by atoms with Gasteiger partial charge in [-0.25, -0.2) is 4.79 Å². The fourth-order valence-corrected chi connectivity index (χ4v) is 2.27. The minimum atomic E-state index is -0.385. The second-order valence-corrected chi connectivity index (χ2v) is 4.93. The van der Waals surface area contributed by atoms with E-state index < -0.39 is 0 Å². The number of para-hydroxylation sites is 1. The summed E-state index contributed by atoms with van der Waals surface area (Å²) in [5.41, 5.74) is 2.97. The third-order valence-electron chi connectivity index (χ3n) is 3.30. The maximum absolute atomic E-state index is 11.9. The van der Waals surface area contributed by atoms with Gasteiger partial charge in [0.25, 0.3) is 0 Å². The highest BCUT2D eigenvalue weighted by Gasteiger charge is 2.31. The van der Waals surface area contributed by atoms with E-state index >= 15 is 0 Å². The number of hydrogen-bond acceptors (Lipinski definition) is 5. The predicted molar refractivity (Wildman–Crippen MR) is 78.9 cm³/mol. The second kappa shape index (κ2) is 7.28. The van der Waals surface area contributed by atoms with Crippen LogP contribution in [0.1, 0.15) is 17.5 Å². The van der Waals surface area contributed by atoms with Gasteiger partial charge in [-0.05, 0) is 31.4 Å². The van der Waals surface area contributed by atoms with Gasteiger partial charge >= 0.3 is 6.09 Å². The highest BCUT2D eigenvalue weighted by molar-refractivity contribution is 5.72. The summed E-state index contributed by atoms with van der Waals surface area (Å²) in [6, 6.07) is 5.98. The van der Waals surface area contributed by atoms with Crippen molar-refractivity contribution in [1.82, 2.24) is 5.01 Å². The van der Waals surface area contributed by atoms with E-state index in [1.54, 1.807) is 12.3 Å². The van der Waals surface area contributed by atoms with Crippen molar-refractivity contribution in [2.75, 3.05) is 38.6 Å². The number of nitrogens with zero attached hydrogens (tertiary/aromatic N) is 2. The Kier molecular flexibility index (Phi) is 5.41. The monoisotopic (exact) mass is 294 g/mol. The van der Waals surface area contributed by atoms with Crippen molar-refractivity contribution in [3.63, 3.8) is 0 Å². The molecule has 0 aromatic heterocycles. The molecule has 0 unspecified atom stereocenters. The van der Waals surface area contributed by atoms with Crippen LogP contribution in [0, 0.1) is 13.8 Å². The average molecular weight is 294 g/mol. The smallest absolute Gasteiger partial charge is 0.430 e. The number of methoxy groups -OCH3 is 1. The highest BCUT2D eigenvalue weighted by atomic mass is 16.7. The van der Waals surface area contributed by atoms with E-state index in [9.17, 15) is 4.79 Å². The van der Waals surface area contributed by atoms with Crippen LogP contribution in [0.3, 0.4) is 0 Å². The molecule has 0 atom stereocenters. The molecule has 0 aliphatic carbocycles. The number of amides is 1. The first-order chi connectivity index (χ1) is 10.1. The van der Waals surface area contributed by atoms with E-state index in [-0.39, 0.29) is 6.09 Å². The Hall–Kier alpha value is -1.79. The first-order valence-electron chi connectivity index (χ1n) is 7.07. The molecule has 21 heavy (non-hydrogen) atoms. The third kappa shape index (κ3) is 3.65. The van der Waals surface area contributed by atoms with Crippen molar-refractivity contribution in [2.45, 2.75) is 20.3 Å². The van der Waals surface area contributed by atoms with Gasteiger partial charge in [-0.3, -0.25) is 4.84 Å². The maximum atomic E-state index is 11.9. The molecule has 1 aromatic carbocycles. The molecule has 0 N–H and O–H groups in total. The molecule has 1 fully saturated rings. The lowest BCUT2D eigenvalue weighted by molar-refractivity contribution is 0.0101. The zero-order valence-electron chi connectivity index (χ0n) is 12.8. The summed E-state index contributed by atoms with van der Waals surface area (Å²) in [5.74, 6) is 0. The van der Waals surface area contributed by atoms with Gasteiger partial charge < -0.3 is 9.47 Å². The number of aryl methyl sites for hydroxylation is 2. The van der Waals surface area contributed by atoms with Gasteiger partial charge in [0.15, 0.2) is 0 Å². The lowest BCUT2D eigenvalue weighted by atomic mass is 10.1. The SMILES string of the molecule is COCCCON(c1c(C)cccc1C)N1CCOC1=O. The van der Waals surface area contributed by atoms with Gasteiger partial charge in [-0.2, -0.15) is 10.2 Å². The van der Waals surface area contributed by atoms with E-state index in [2.05, 4.69) is 0 Å². The Labute approximate surface area is 125 Å². The number of hydrazine groups is 1. The summed E-state index contributed by atoms with van der Waals surface area (Å²) >= 11 is 0. The number of hydrogen-bond donors (Lipinski definition) is 0. The Bertz CT molecular complexity index is 472. The molecule has 1 saturated heterocycles. The molecule has 1 heterocycles. The van der Waals surface area contributed by atoms with Crippen molar-refractivity contribution >= 4 is 11.8 Å². The molecular weight excluding hydrogens is 272 g/mol. The molecule has 1 aromatic rings. The average Bonchev–Trinajstić information content (AvgIpc) is 2.87. The number of carbonyl (C=O) groups is 1. The van der Waals surface area contributed by atoms with Crippen molar-refractivity contribution in [1.29, 1.82) is 0 Å². The summed E-state index contributed by atoms with van der Waals surface area (Å²) in [7, 11) is 1.65. The van der Waals surface area contributed by atoms with Gasteiger partial charge in [-0.1, -0.05) is 18.2 Å². The molecule has 0 bridgehead atoms. The van der Waals surface area contributed by atoms with Crippen LogP contribution in [0.5, 0.6) is 0 Å². The number of benzene rings is 1. The highest BCUT2D eigenvalue weighted by Crippen LogP contribution is 2.27.